The molecule has 0 saturated carbocycles. The minimum Gasteiger partial charge on any atom is -0.424 e. The zero-order chi connectivity index (χ0) is 11.8. The second-order valence-electron chi connectivity index (χ2n) is 4.89. The normalized spacial score (nSPS) is 11.7. The van der Waals surface area contributed by atoms with Crippen molar-refractivity contribution in [1.29, 1.82) is 0 Å². The minimum absolute atomic E-state index is 0.127. The minimum atomic E-state index is 0.127. The van der Waals surface area contributed by atoms with E-state index in [-0.39, 0.29) is 11.4 Å². The fourth-order valence-corrected chi connectivity index (χ4v) is 1.56. The summed E-state index contributed by atoms with van der Waals surface area (Å²) in [5.74, 6) is 0.712. The molecule has 0 spiro atoms. The molecule has 3 nitrogen and oxygen atoms in total. The van der Waals surface area contributed by atoms with Crippen molar-refractivity contribution >= 4 is 6.01 Å². The molecule has 1 aromatic carbocycles. The molecule has 2 N–H and O–H groups in total. The van der Waals surface area contributed by atoms with E-state index in [1.165, 1.54) is 5.56 Å². The van der Waals surface area contributed by atoms with E-state index in [0.29, 0.717) is 5.76 Å². The van der Waals surface area contributed by atoms with Crippen LogP contribution in [-0.2, 0) is 5.41 Å². The van der Waals surface area contributed by atoms with Crippen LogP contribution in [-0.4, -0.2) is 4.98 Å². The summed E-state index contributed by atoms with van der Waals surface area (Å²) in [5.41, 5.74) is 7.86. The number of oxazole rings is 1. The van der Waals surface area contributed by atoms with Crippen molar-refractivity contribution in [2.45, 2.75) is 26.2 Å². The van der Waals surface area contributed by atoms with Crippen LogP contribution in [0, 0.1) is 0 Å². The van der Waals surface area contributed by atoms with Crippen molar-refractivity contribution < 1.29 is 4.42 Å². The van der Waals surface area contributed by atoms with Crippen LogP contribution in [0.5, 0.6) is 0 Å². The summed E-state index contributed by atoms with van der Waals surface area (Å²) in [6, 6.07) is 8.45. The van der Waals surface area contributed by atoms with E-state index >= 15 is 0 Å². The number of rotatable bonds is 1. The average molecular weight is 216 g/mol. The zero-order valence-corrected chi connectivity index (χ0v) is 9.82. The Morgan fingerprint density at radius 3 is 2.56 bits per heavy atom. The number of benzene rings is 1. The van der Waals surface area contributed by atoms with Crippen LogP contribution in [0.15, 0.2) is 34.9 Å². The first-order valence-corrected chi connectivity index (χ1v) is 5.29. The van der Waals surface area contributed by atoms with Crippen molar-refractivity contribution in [1.82, 2.24) is 4.98 Å². The van der Waals surface area contributed by atoms with Crippen LogP contribution < -0.4 is 5.73 Å². The summed E-state index contributed by atoms with van der Waals surface area (Å²) in [4.78, 5) is 3.90. The number of hydrogen-bond acceptors (Lipinski definition) is 3. The number of nitrogens with zero attached hydrogens (tertiary/aromatic N) is 1. The third kappa shape index (κ3) is 2.08. The van der Waals surface area contributed by atoms with Gasteiger partial charge in [0.2, 0.25) is 0 Å². The van der Waals surface area contributed by atoms with Gasteiger partial charge in [0, 0.05) is 5.56 Å². The van der Waals surface area contributed by atoms with E-state index in [4.69, 9.17) is 10.2 Å². The smallest absolute Gasteiger partial charge is 0.292 e. The lowest BCUT2D eigenvalue weighted by molar-refractivity contribution is 0.585. The number of hydrogen-bond donors (Lipinski definition) is 1. The molecule has 0 aliphatic carbocycles. The van der Waals surface area contributed by atoms with E-state index in [0.717, 1.165) is 5.56 Å². The van der Waals surface area contributed by atoms with E-state index in [2.05, 4.69) is 37.9 Å². The van der Waals surface area contributed by atoms with Gasteiger partial charge < -0.3 is 10.2 Å². The van der Waals surface area contributed by atoms with E-state index in [9.17, 15) is 0 Å². The Labute approximate surface area is 95.3 Å². The predicted octanol–water partition coefficient (Wildman–Crippen LogP) is 3.22. The fourth-order valence-electron chi connectivity index (χ4n) is 1.56. The zero-order valence-electron chi connectivity index (χ0n) is 9.82. The highest BCUT2D eigenvalue weighted by molar-refractivity contribution is 5.58. The Morgan fingerprint density at radius 1 is 1.25 bits per heavy atom. The van der Waals surface area contributed by atoms with Crippen molar-refractivity contribution in [2.24, 2.45) is 0 Å². The Morgan fingerprint density at radius 2 is 2.00 bits per heavy atom. The van der Waals surface area contributed by atoms with Gasteiger partial charge in [0.1, 0.15) is 0 Å². The number of anilines is 1. The Hall–Kier alpha value is -1.77. The maximum absolute atomic E-state index is 5.46. The van der Waals surface area contributed by atoms with Crippen LogP contribution in [0.2, 0.25) is 0 Å². The highest BCUT2D eigenvalue weighted by Crippen LogP contribution is 2.28. The van der Waals surface area contributed by atoms with Gasteiger partial charge in [-0.05, 0) is 17.0 Å². The molecule has 0 unspecified atom stereocenters. The first kappa shape index (κ1) is 10.7. The lowest BCUT2D eigenvalue weighted by Crippen LogP contribution is -2.10. The summed E-state index contributed by atoms with van der Waals surface area (Å²) in [7, 11) is 0. The standard InChI is InChI=1S/C13H16N2O/c1-13(2,3)10-6-4-5-9(7-10)11-8-15-12(14)16-11/h4-8H,1-3H3,(H2,14,15). The average Bonchev–Trinajstić information content (AvgIpc) is 2.64. The van der Waals surface area contributed by atoms with E-state index < -0.39 is 0 Å². The molecule has 0 aliphatic rings. The molecule has 0 amide bonds. The molecule has 0 aliphatic heterocycles. The molecule has 16 heavy (non-hydrogen) atoms. The van der Waals surface area contributed by atoms with Gasteiger partial charge in [-0.25, -0.2) is 4.98 Å². The maximum atomic E-state index is 5.46. The van der Waals surface area contributed by atoms with E-state index in [1.54, 1.807) is 6.20 Å². The van der Waals surface area contributed by atoms with Gasteiger partial charge in [0.25, 0.3) is 6.01 Å². The lowest BCUT2D eigenvalue weighted by Gasteiger charge is -2.19. The van der Waals surface area contributed by atoms with Crippen LogP contribution in [0.3, 0.4) is 0 Å². The number of nitrogen functional groups attached to an aromatic ring is 1. The molecule has 84 valence electrons. The fraction of sp³-hybridized carbons (Fsp3) is 0.308. The third-order valence-corrected chi connectivity index (χ3v) is 2.54. The summed E-state index contributed by atoms with van der Waals surface area (Å²) >= 11 is 0. The van der Waals surface area contributed by atoms with Crippen LogP contribution in [0.25, 0.3) is 11.3 Å². The molecule has 1 heterocycles. The topological polar surface area (TPSA) is 52.0 Å². The second kappa shape index (κ2) is 3.67. The van der Waals surface area contributed by atoms with Gasteiger partial charge in [-0.2, -0.15) is 0 Å². The highest BCUT2D eigenvalue weighted by atomic mass is 16.4. The van der Waals surface area contributed by atoms with Crippen LogP contribution >= 0.6 is 0 Å². The summed E-state index contributed by atoms with van der Waals surface area (Å²) in [6.45, 7) is 6.54. The SMILES string of the molecule is CC(C)(C)c1cccc(-c2cnc(N)o2)c1. The number of aromatic nitrogens is 1. The van der Waals surface area contributed by atoms with Crippen molar-refractivity contribution in [3.8, 4) is 11.3 Å². The van der Waals surface area contributed by atoms with Gasteiger partial charge in [-0.15, -0.1) is 0 Å². The summed E-state index contributed by atoms with van der Waals surface area (Å²) < 4.78 is 5.30. The molecule has 2 aromatic rings. The number of nitrogens with two attached hydrogens (primary N) is 1. The highest BCUT2D eigenvalue weighted by Gasteiger charge is 2.14. The van der Waals surface area contributed by atoms with Gasteiger partial charge in [-0.1, -0.05) is 39.0 Å². The van der Waals surface area contributed by atoms with Crippen molar-refractivity contribution in [2.75, 3.05) is 5.73 Å². The van der Waals surface area contributed by atoms with Gasteiger partial charge in [-0.3, -0.25) is 0 Å². The largest absolute Gasteiger partial charge is 0.424 e. The molecule has 1 aromatic heterocycles. The summed E-state index contributed by atoms with van der Waals surface area (Å²) in [6.07, 6.45) is 1.65. The molecule has 0 atom stereocenters. The van der Waals surface area contributed by atoms with E-state index in [1.807, 2.05) is 12.1 Å². The lowest BCUT2D eigenvalue weighted by atomic mass is 9.86. The Bertz CT molecular complexity index is 495. The predicted molar refractivity (Wildman–Crippen MR) is 65.1 cm³/mol. The molecule has 0 bridgehead atoms. The Balaban J connectivity index is 2.44. The van der Waals surface area contributed by atoms with Gasteiger partial charge in [0.05, 0.1) is 6.20 Å². The summed E-state index contributed by atoms with van der Waals surface area (Å²) in [5, 5.41) is 0. The molecule has 0 saturated heterocycles. The molecule has 2 rings (SSSR count). The third-order valence-electron chi connectivity index (χ3n) is 2.54. The molecular formula is C13H16N2O. The maximum Gasteiger partial charge on any atom is 0.292 e. The quantitative estimate of drug-likeness (QED) is 0.796. The van der Waals surface area contributed by atoms with Gasteiger partial charge >= 0.3 is 0 Å². The van der Waals surface area contributed by atoms with Crippen molar-refractivity contribution in [3.63, 3.8) is 0 Å². The monoisotopic (exact) mass is 216 g/mol. The molecule has 0 fully saturated rings. The molecule has 0 radical (unpaired) electrons. The molecule has 3 heteroatoms. The Kier molecular flexibility index (Phi) is 2.46. The van der Waals surface area contributed by atoms with Gasteiger partial charge in [0.15, 0.2) is 5.76 Å². The van der Waals surface area contributed by atoms with Crippen LogP contribution in [0.1, 0.15) is 26.3 Å². The van der Waals surface area contributed by atoms with Crippen LogP contribution in [0.4, 0.5) is 6.01 Å². The first-order chi connectivity index (χ1) is 7.47. The second-order valence-corrected chi connectivity index (χ2v) is 4.89. The molecular weight excluding hydrogens is 200 g/mol. The first-order valence-electron chi connectivity index (χ1n) is 5.29. The van der Waals surface area contributed by atoms with Crippen molar-refractivity contribution in [3.05, 3.63) is 36.0 Å².